The summed E-state index contributed by atoms with van der Waals surface area (Å²) in [7, 11) is 0. The SMILES string of the molecule is CCNC(=NCC1(c2ccccc2Cl)CCOCC1)NCCc1nc(C)c(C)s1. The lowest BCUT2D eigenvalue weighted by molar-refractivity contribution is 0.0531. The standard InChI is InChI=1S/C22H31ClN4OS/c1-4-24-21(25-12-9-20-27-16(2)17(3)29-20)26-15-22(10-13-28-14-11-22)18-7-5-6-8-19(18)23/h5-8H,4,9-15H2,1-3H3,(H2,24,25,26). The molecule has 0 saturated carbocycles. The first-order valence-electron chi connectivity index (χ1n) is 10.3. The van der Waals surface area contributed by atoms with Gasteiger partial charge in [-0.2, -0.15) is 0 Å². The fourth-order valence-electron chi connectivity index (χ4n) is 3.67. The summed E-state index contributed by atoms with van der Waals surface area (Å²) in [6, 6.07) is 8.15. The molecule has 29 heavy (non-hydrogen) atoms. The summed E-state index contributed by atoms with van der Waals surface area (Å²) < 4.78 is 5.64. The van der Waals surface area contributed by atoms with E-state index in [0.717, 1.165) is 62.2 Å². The van der Waals surface area contributed by atoms with E-state index in [4.69, 9.17) is 21.3 Å². The maximum Gasteiger partial charge on any atom is 0.191 e. The second-order valence-electron chi connectivity index (χ2n) is 7.49. The van der Waals surface area contributed by atoms with Gasteiger partial charge in [0.25, 0.3) is 0 Å². The highest BCUT2D eigenvalue weighted by Gasteiger charge is 2.36. The van der Waals surface area contributed by atoms with Gasteiger partial charge in [-0.05, 0) is 45.2 Å². The topological polar surface area (TPSA) is 58.5 Å². The van der Waals surface area contributed by atoms with Gasteiger partial charge in [0.05, 0.1) is 17.2 Å². The van der Waals surface area contributed by atoms with E-state index in [2.05, 4.69) is 48.5 Å². The van der Waals surface area contributed by atoms with Crippen LogP contribution >= 0.6 is 22.9 Å². The molecule has 1 aliphatic rings. The fourth-order valence-corrected chi connectivity index (χ4v) is 4.94. The molecule has 1 saturated heterocycles. The average molecular weight is 435 g/mol. The molecule has 1 aromatic heterocycles. The number of aromatic nitrogens is 1. The van der Waals surface area contributed by atoms with Crippen LogP contribution in [0.5, 0.6) is 0 Å². The third-order valence-electron chi connectivity index (χ3n) is 5.48. The zero-order chi connectivity index (χ0) is 20.7. The lowest BCUT2D eigenvalue weighted by Crippen LogP contribution is -2.42. The summed E-state index contributed by atoms with van der Waals surface area (Å²) in [6.07, 6.45) is 2.75. The third kappa shape index (κ3) is 5.71. The van der Waals surface area contributed by atoms with Crippen molar-refractivity contribution >= 4 is 28.9 Å². The molecule has 2 heterocycles. The molecule has 5 nitrogen and oxygen atoms in total. The molecule has 2 N–H and O–H groups in total. The minimum atomic E-state index is -0.0809. The quantitative estimate of drug-likeness (QED) is 0.505. The van der Waals surface area contributed by atoms with Gasteiger partial charge in [-0.25, -0.2) is 4.98 Å². The molecule has 1 fully saturated rings. The number of nitrogens with zero attached hydrogens (tertiary/aromatic N) is 2. The van der Waals surface area contributed by atoms with Gasteiger partial charge >= 0.3 is 0 Å². The number of benzene rings is 1. The molecule has 0 bridgehead atoms. The van der Waals surface area contributed by atoms with E-state index in [1.54, 1.807) is 11.3 Å². The van der Waals surface area contributed by atoms with Crippen molar-refractivity contribution in [2.45, 2.75) is 45.4 Å². The van der Waals surface area contributed by atoms with Crippen LogP contribution < -0.4 is 10.6 Å². The summed E-state index contributed by atoms with van der Waals surface area (Å²) in [5.74, 6) is 0.843. The number of halogens is 1. The van der Waals surface area contributed by atoms with Gasteiger partial charge in [0.15, 0.2) is 5.96 Å². The zero-order valence-electron chi connectivity index (χ0n) is 17.6. The molecule has 7 heteroatoms. The average Bonchev–Trinajstić information content (AvgIpc) is 3.04. The van der Waals surface area contributed by atoms with Crippen molar-refractivity contribution in [2.24, 2.45) is 4.99 Å². The van der Waals surface area contributed by atoms with Gasteiger partial charge in [-0.15, -0.1) is 11.3 Å². The van der Waals surface area contributed by atoms with Crippen LogP contribution in [-0.4, -0.2) is 43.8 Å². The van der Waals surface area contributed by atoms with Crippen molar-refractivity contribution in [1.29, 1.82) is 0 Å². The van der Waals surface area contributed by atoms with Crippen LogP contribution in [0, 0.1) is 13.8 Å². The smallest absolute Gasteiger partial charge is 0.191 e. The number of aliphatic imine (C=N–C) groups is 1. The van der Waals surface area contributed by atoms with Crippen molar-refractivity contribution in [2.75, 3.05) is 32.8 Å². The fraction of sp³-hybridized carbons (Fsp3) is 0.545. The maximum atomic E-state index is 6.56. The molecule has 0 atom stereocenters. The molecule has 0 aliphatic carbocycles. The monoisotopic (exact) mass is 434 g/mol. The van der Waals surface area contributed by atoms with Gasteiger partial charge in [-0.1, -0.05) is 29.8 Å². The molecule has 0 unspecified atom stereocenters. The van der Waals surface area contributed by atoms with E-state index in [0.29, 0.717) is 6.54 Å². The first-order valence-corrected chi connectivity index (χ1v) is 11.5. The summed E-state index contributed by atoms with van der Waals surface area (Å²) >= 11 is 8.34. The number of rotatable bonds is 7. The Balaban J connectivity index is 1.70. The largest absolute Gasteiger partial charge is 0.381 e. The Bertz CT molecular complexity index is 810. The van der Waals surface area contributed by atoms with E-state index in [-0.39, 0.29) is 5.41 Å². The number of guanidine groups is 1. The van der Waals surface area contributed by atoms with Gasteiger partial charge in [0.1, 0.15) is 0 Å². The van der Waals surface area contributed by atoms with Crippen molar-refractivity contribution in [3.05, 3.63) is 50.4 Å². The van der Waals surface area contributed by atoms with Crippen molar-refractivity contribution in [1.82, 2.24) is 15.6 Å². The van der Waals surface area contributed by atoms with Crippen LogP contribution in [0.15, 0.2) is 29.3 Å². The van der Waals surface area contributed by atoms with E-state index >= 15 is 0 Å². The van der Waals surface area contributed by atoms with Gasteiger partial charge in [-0.3, -0.25) is 4.99 Å². The predicted octanol–water partition coefficient (Wildman–Crippen LogP) is 4.26. The molecule has 2 aromatic rings. The van der Waals surface area contributed by atoms with Crippen molar-refractivity contribution < 1.29 is 4.74 Å². The summed E-state index contributed by atoms with van der Waals surface area (Å²) in [4.78, 5) is 10.9. The second-order valence-corrected chi connectivity index (χ2v) is 9.19. The highest BCUT2D eigenvalue weighted by molar-refractivity contribution is 7.11. The first-order chi connectivity index (χ1) is 14.0. The van der Waals surface area contributed by atoms with Crippen LogP contribution in [0.25, 0.3) is 0 Å². The Morgan fingerprint density at radius 1 is 1.24 bits per heavy atom. The highest BCUT2D eigenvalue weighted by atomic mass is 35.5. The maximum absolute atomic E-state index is 6.56. The molecule has 0 spiro atoms. The van der Waals surface area contributed by atoms with Crippen LogP contribution in [0.4, 0.5) is 0 Å². The number of hydrogen-bond acceptors (Lipinski definition) is 4. The lowest BCUT2D eigenvalue weighted by atomic mass is 9.74. The van der Waals surface area contributed by atoms with Crippen LogP contribution in [-0.2, 0) is 16.6 Å². The molecular weight excluding hydrogens is 404 g/mol. The number of thiazole rings is 1. The van der Waals surface area contributed by atoms with E-state index < -0.39 is 0 Å². The van der Waals surface area contributed by atoms with Gasteiger partial charge in [0.2, 0.25) is 0 Å². The predicted molar refractivity (Wildman–Crippen MR) is 122 cm³/mol. The highest BCUT2D eigenvalue weighted by Crippen LogP contribution is 2.38. The zero-order valence-corrected chi connectivity index (χ0v) is 19.1. The number of ether oxygens (including phenoxy) is 1. The van der Waals surface area contributed by atoms with Crippen LogP contribution in [0.1, 0.15) is 40.9 Å². The Morgan fingerprint density at radius 3 is 2.66 bits per heavy atom. The second kappa shape index (κ2) is 10.4. The van der Waals surface area contributed by atoms with E-state index in [1.165, 1.54) is 15.4 Å². The van der Waals surface area contributed by atoms with Crippen LogP contribution in [0.3, 0.4) is 0 Å². The van der Waals surface area contributed by atoms with Gasteiger partial charge in [0, 0.05) is 48.0 Å². The lowest BCUT2D eigenvalue weighted by Gasteiger charge is -2.37. The Morgan fingerprint density at radius 2 is 2.00 bits per heavy atom. The number of aryl methyl sites for hydroxylation is 2. The summed E-state index contributed by atoms with van der Waals surface area (Å²) in [5.41, 5.74) is 2.23. The minimum absolute atomic E-state index is 0.0809. The van der Waals surface area contributed by atoms with E-state index in [1.807, 2.05) is 12.1 Å². The number of nitrogens with one attached hydrogen (secondary N) is 2. The number of hydrogen-bond donors (Lipinski definition) is 2. The molecule has 3 rings (SSSR count). The normalized spacial score (nSPS) is 16.6. The minimum Gasteiger partial charge on any atom is -0.381 e. The first kappa shape index (κ1) is 22.1. The Labute approximate surface area is 182 Å². The van der Waals surface area contributed by atoms with E-state index in [9.17, 15) is 0 Å². The van der Waals surface area contributed by atoms with Crippen LogP contribution in [0.2, 0.25) is 5.02 Å². The van der Waals surface area contributed by atoms with Crippen molar-refractivity contribution in [3.8, 4) is 0 Å². The molecule has 0 radical (unpaired) electrons. The molecule has 1 aromatic carbocycles. The Hall–Kier alpha value is -1.63. The Kier molecular flexibility index (Phi) is 7.92. The molecule has 1 aliphatic heterocycles. The molecular formula is C22H31ClN4OS. The molecule has 158 valence electrons. The summed E-state index contributed by atoms with van der Waals surface area (Å²) in [6.45, 7) is 10.1. The molecule has 0 amide bonds. The third-order valence-corrected chi connectivity index (χ3v) is 6.95. The van der Waals surface area contributed by atoms with Gasteiger partial charge < -0.3 is 15.4 Å². The van der Waals surface area contributed by atoms with Crippen molar-refractivity contribution in [3.63, 3.8) is 0 Å². The summed E-state index contributed by atoms with van der Waals surface area (Å²) in [5, 5.41) is 8.81.